The van der Waals surface area contributed by atoms with Crippen molar-refractivity contribution in [2.24, 2.45) is 0 Å². The van der Waals surface area contributed by atoms with E-state index >= 15 is 0 Å². The largest absolute Gasteiger partial charge is 0.497 e. The molecule has 0 spiro atoms. The van der Waals surface area contributed by atoms with Gasteiger partial charge in [0, 0.05) is 31.0 Å². The van der Waals surface area contributed by atoms with Crippen molar-refractivity contribution in [1.29, 1.82) is 0 Å². The molecular formula is C20H22FNO4. The fourth-order valence-corrected chi connectivity index (χ4v) is 2.95. The first-order chi connectivity index (χ1) is 12.5. The van der Waals surface area contributed by atoms with Gasteiger partial charge in [-0.2, -0.15) is 0 Å². The molecule has 0 radical (unpaired) electrons. The van der Waals surface area contributed by atoms with Gasteiger partial charge in [-0.25, -0.2) is 4.39 Å². The summed E-state index contributed by atoms with van der Waals surface area (Å²) in [6.45, 7) is 3.52. The number of carbonyl (C=O) groups excluding carboxylic acids is 1. The summed E-state index contributed by atoms with van der Waals surface area (Å²) in [6.07, 6.45) is 0.618. The van der Waals surface area contributed by atoms with Crippen LogP contribution in [-0.2, 0) is 17.8 Å². The van der Waals surface area contributed by atoms with Gasteiger partial charge in [-0.3, -0.25) is 4.79 Å². The second-order valence-corrected chi connectivity index (χ2v) is 6.37. The Morgan fingerprint density at radius 2 is 2.08 bits per heavy atom. The molecule has 0 fully saturated rings. The highest BCUT2D eigenvalue weighted by Gasteiger charge is 2.28. The van der Waals surface area contributed by atoms with E-state index in [1.807, 2.05) is 19.1 Å². The molecule has 26 heavy (non-hydrogen) atoms. The Kier molecular flexibility index (Phi) is 5.30. The third kappa shape index (κ3) is 4.07. The Balaban J connectivity index is 1.63. The molecule has 0 saturated carbocycles. The van der Waals surface area contributed by atoms with E-state index < -0.39 is 0 Å². The van der Waals surface area contributed by atoms with Crippen LogP contribution in [0.25, 0.3) is 0 Å². The molecular weight excluding hydrogens is 337 g/mol. The Morgan fingerprint density at radius 1 is 1.31 bits per heavy atom. The van der Waals surface area contributed by atoms with E-state index in [0.29, 0.717) is 17.1 Å². The monoisotopic (exact) mass is 359 g/mol. The molecule has 1 aliphatic heterocycles. The summed E-state index contributed by atoms with van der Waals surface area (Å²) in [4.78, 5) is 11.2. The fourth-order valence-electron chi connectivity index (χ4n) is 2.95. The molecule has 6 heteroatoms. The number of carbonyl (C=O) groups is 1. The second kappa shape index (κ2) is 7.64. The van der Waals surface area contributed by atoms with Crippen LogP contribution in [0.1, 0.15) is 25.0 Å². The summed E-state index contributed by atoms with van der Waals surface area (Å²) in [7, 11) is 1.50. The van der Waals surface area contributed by atoms with Crippen LogP contribution in [0.2, 0.25) is 0 Å². The van der Waals surface area contributed by atoms with Gasteiger partial charge in [0.2, 0.25) is 5.91 Å². The van der Waals surface area contributed by atoms with E-state index in [1.54, 1.807) is 18.2 Å². The molecule has 2 atom stereocenters. The van der Waals surface area contributed by atoms with Gasteiger partial charge in [0.05, 0.1) is 13.2 Å². The van der Waals surface area contributed by atoms with Gasteiger partial charge in [-0.1, -0.05) is 6.07 Å². The van der Waals surface area contributed by atoms with Crippen molar-refractivity contribution in [2.45, 2.75) is 39.0 Å². The summed E-state index contributed by atoms with van der Waals surface area (Å²) in [6, 6.07) is 10.2. The zero-order valence-electron chi connectivity index (χ0n) is 15.0. The SMILES string of the molecule is COc1ccc(COc2ccc3c(c2)O[C@H]([C@H](C)NC(C)=O)C3)c(F)c1. The molecule has 2 aromatic carbocycles. The van der Waals surface area contributed by atoms with Gasteiger partial charge in [-0.05, 0) is 30.7 Å². The average Bonchev–Trinajstić information content (AvgIpc) is 3.03. The molecule has 138 valence electrons. The van der Waals surface area contributed by atoms with Crippen LogP contribution in [-0.4, -0.2) is 25.2 Å². The molecule has 0 bridgehead atoms. The third-order valence-corrected chi connectivity index (χ3v) is 4.38. The molecule has 1 N–H and O–H groups in total. The molecule has 0 aliphatic carbocycles. The minimum atomic E-state index is -0.369. The minimum absolute atomic E-state index is 0.0809. The Hall–Kier alpha value is -2.76. The predicted octanol–water partition coefficient (Wildman–Crippen LogP) is 3.24. The predicted molar refractivity (Wildman–Crippen MR) is 95.1 cm³/mol. The van der Waals surface area contributed by atoms with Crippen molar-refractivity contribution >= 4 is 5.91 Å². The van der Waals surface area contributed by atoms with E-state index in [0.717, 1.165) is 17.7 Å². The number of methoxy groups -OCH3 is 1. The van der Waals surface area contributed by atoms with Gasteiger partial charge < -0.3 is 19.5 Å². The standard InChI is InChI=1S/C20H22FNO4/c1-12(22-13(2)23)19-8-14-4-7-17(10-20(14)26-19)25-11-15-5-6-16(24-3)9-18(15)21/h4-7,9-10,12,19H,8,11H2,1-3H3,(H,22,23)/t12-,19-/m0/s1. The van der Waals surface area contributed by atoms with Crippen molar-refractivity contribution in [3.63, 3.8) is 0 Å². The van der Waals surface area contributed by atoms with Crippen LogP contribution < -0.4 is 19.5 Å². The molecule has 1 aliphatic rings. The van der Waals surface area contributed by atoms with Crippen LogP contribution in [0.3, 0.4) is 0 Å². The molecule has 3 rings (SSSR count). The summed E-state index contributed by atoms with van der Waals surface area (Å²) in [5, 5.41) is 2.85. The number of hydrogen-bond donors (Lipinski definition) is 1. The normalized spacial score (nSPS) is 16.4. The van der Waals surface area contributed by atoms with Crippen molar-refractivity contribution in [3.8, 4) is 17.2 Å². The van der Waals surface area contributed by atoms with Crippen molar-refractivity contribution in [3.05, 3.63) is 53.3 Å². The fraction of sp³-hybridized carbons (Fsp3) is 0.350. The number of halogens is 1. The first kappa shape index (κ1) is 18.0. The van der Waals surface area contributed by atoms with E-state index in [4.69, 9.17) is 14.2 Å². The summed E-state index contributed by atoms with van der Waals surface area (Å²) >= 11 is 0. The Bertz CT molecular complexity index is 808. The third-order valence-electron chi connectivity index (χ3n) is 4.38. The minimum Gasteiger partial charge on any atom is -0.497 e. The second-order valence-electron chi connectivity index (χ2n) is 6.37. The van der Waals surface area contributed by atoms with Crippen LogP contribution in [0.15, 0.2) is 36.4 Å². The van der Waals surface area contributed by atoms with Crippen molar-refractivity contribution in [1.82, 2.24) is 5.32 Å². The topological polar surface area (TPSA) is 56.8 Å². The molecule has 0 aromatic heterocycles. The maximum atomic E-state index is 14.0. The van der Waals surface area contributed by atoms with E-state index in [1.165, 1.54) is 20.1 Å². The number of benzene rings is 2. The summed E-state index contributed by atoms with van der Waals surface area (Å²) in [5.74, 6) is 1.36. The average molecular weight is 359 g/mol. The van der Waals surface area contributed by atoms with Crippen LogP contribution in [0, 0.1) is 5.82 Å². The van der Waals surface area contributed by atoms with Crippen molar-refractivity contribution < 1.29 is 23.4 Å². The first-order valence-electron chi connectivity index (χ1n) is 8.48. The van der Waals surface area contributed by atoms with Crippen molar-refractivity contribution in [2.75, 3.05) is 7.11 Å². The van der Waals surface area contributed by atoms with Gasteiger partial charge in [0.25, 0.3) is 0 Å². The molecule has 0 unspecified atom stereocenters. The number of nitrogens with one attached hydrogen (secondary N) is 1. The number of hydrogen-bond acceptors (Lipinski definition) is 4. The zero-order chi connectivity index (χ0) is 18.7. The molecule has 1 amide bonds. The highest BCUT2D eigenvalue weighted by atomic mass is 19.1. The quantitative estimate of drug-likeness (QED) is 0.860. The first-order valence-corrected chi connectivity index (χ1v) is 8.48. The van der Waals surface area contributed by atoms with Crippen LogP contribution in [0.5, 0.6) is 17.2 Å². The van der Waals surface area contributed by atoms with Crippen LogP contribution in [0.4, 0.5) is 4.39 Å². The summed E-state index contributed by atoms with van der Waals surface area (Å²) in [5.41, 5.74) is 1.51. The number of ether oxygens (including phenoxy) is 3. The highest BCUT2D eigenvalue weighted by Crippen LogP contribution is 2.33. The highest BCUT2D eigenvalue weighted by molar-refractivity contribution is 5.73. The number of rotatable bonds is 6. The molecule has 5 nitrogen and oxygen atoms in total. The van der Waals surface area contributed by atoms with Gasteiger partial charge in [-0.15, -0.1) is 0 Å². The van der Waals surface area contributed by atoms with Gasteiger partial charge >= 0.3 is 0 Å². The maximum absolute atomic E-state index is 14.0. The van der Waals surface area contributed by atoms with E-state index in [-0.39, 0.29) is 30.5 Å². The lowest BCUT2D eigenvalue weighted by Crippen LogP contribution is -2.42. The van der Waals surface area contributed by atoms with E-state index in [9.17, 15) is 9.18 Å². The van der Waals surface area contributed by atoms with Gasteiger partial charge in [0.15, 0.2) is 0 Å². The lowest BCUT2D eigenvalue weighted by molar-refractivity contribution is -0.120. The van der Waals surface area contributed by atoms with Gasteiger partial charge in [0.1, 0.15) is 35.8 Å². The zero-order valence-corrected chi connectivity index (χ0v) is 15.0. The van der Waals surface area contributed by atoms with E-state index in [2.05, 4.69) is 5.32 Å². The molecule has 0 saturated heterocycles. The smallest absolute Gasteiger partial charge is 0.217 e. The molecule has 2 aromatic rings. The number of fused-ring (bicyclic) bond motifs is 1. The number of amides is 1. The lowest BCUT2D eigenvalue weighted by atomic mass is 10.1. The lowest BCUT2D eigenvalue weighted by Gasteiger charge is -2.19. The van der Waals surface area contributed by atoms with Crippen LogP contribution >= 0.6 is 0 Å². The maximum Gasteiger partial charge on any atom is 0.217 e. The summed E-state index contributed by atoms with van der Waals surface area (Å²) < 4.78 is 30.6. The molecule has 1 heterocycles. The Labute approximate surface area is 152 Å². The Morgan fingerprint density at radius 3 is 2.77 bits per heavy atom.